The Bertz CT molecular complexity index is 1170. The molecule has 2 saturated heterocycles. The van der Waals surface area contributed by atoms with Gasteiger partial charge in [-0.3, -0.25) is 9.69 Å². The van der Waals surface area contributed by atoms with Crippen molar-refractivity contribution in [3.63, 3.8) is 0 Å². The van der Waals surface area contributed by atoms with Crippen molar-refractivity contribution in [2.24, 2.45) is 5.41 Å². The Kier molecular flexibility index (Phi) is 8.00. The van der Waals surface area contributed by atoms with Gasteiger partial charge in [-0.25, -0.2) is 0 Å². The van der Waals surface area contributed by atoms with Crippen LogP contribution in [-0.2, 0) is 24.4 Å². The van der Waals surface area contributed by atoms with Crippen molar-refractivity contribution in [1.82, 2.24) is 9.80 Å². The van der Waals surface area contributed by atoms with Crippen molar-refractivity contribution in [2.45, 2.75) is 45.3 Å². The molecule has 0 atom stereocenters. The molecule has 2 heterocycles. The molecular weight excluding hydrogens is 460 g/mol. The molecule has 0 bridgehead atoms. The van der Waals surface area contributed by atoms with Crippen LogP contribution >= 0.6 is 0 Å². The molecule has 37 heavy (non-hydrogen) atoms. The number of carbonyl (C=O) groups is 2. The van der Waals surface area contributed by atoms with Crippen molar-refractivity contribution < 1.29 is 14.3 Å². The third-order valence-electron chi connectivity index (χ3n) is 8.15. The first-order chi connectivity index (χ1) is 18.1. The SMILES string of the molecule is O=CCc1ccc(C(=O)N2CCC3(CCN(Cc4ccccc4OCc4ccccc4)CC3)CC2)cc1. The van der Waals surface area contributed by atoms with Crippen LogP contribution in [-0.4, -0.2) is 48.2 Å². The second kappa shape index (κ2) is 11.7. The van der Waals surface area contributed by atoms with Gasteiger partial charge in [-0.15, -0.1) is 0 Å². The highest BCUT2D eigenvalue weighted by Crippen LogP contribution is 2.42. The lowest BCUT2D eigenvalue weighted by atomic mass is 9.71. The minimum Gasteiger partial charge on any atom is -0.489 e. The van der Waals surface area contributed by atoms with Gasteiger partial charge in [0.25, 0.3) is 5.91 Å². The topological polar surface area (TPSA) is 49.9 Å². The van der Waals surface area contributed by atoms with Crippen LogP contribution in [0.2, 0.25) is 0 Å². The Balaban J connectivity index is 1.11. The second-order valence-electron chi connectivity index (χ2n) is 10.5. The molecule has 192 valence electrons. The zero-order chi connectivity index (χ0) is 25.5. The molecule has 0 saturated carbocycles. The van der Waals surface area contributed by atoms with Crippen molar-refractivity contribution in [3.8, 4) is 5.75 Å². The van der Waals surface area contributed by atoms with Gasteiger partial charge in [-0.2, -0.15) is 0 Å². The molecule has 1 spiro atoms. The number of hydrogen-bond acceptors (Lipinski definition) is 4. The lowest BCUT2D eigenvalue weighted by Gasteiger charge is -2.47. The lowest BCUT2D eigenvalue weighted by Crippen LogP contribution is -2.48. The first kappa shape index (κ1) is 25.2. The van der Waals surface area contributed by atoms with E-state index < -0.39 is 0 Å². The Morgan fingerprint density at radius 3 is 2.14 bits per heavy atom. The molecule has 1 amide bonds. The summed E-state index contributed by atoms with van der Waals surface area (Å²) in [6, 6.07) is 26.2. The number of benzene rings is 3. The van der Waals surface area contributed by atoms with Gasteiger partial charge in [0, 0.05) is 37.2 Å². The molecule has 0 aromatic heterocycles. The number of piperidine rings is 2. The highest BCUT2D eigenvalue weighted by molar-refractivity contribution is 5.94. The molecule has 0 unspecified atom stereocenters. The maximum atomic E-state index is 13.0. The lowest BCUT2D eigenvalue weighted by molar-refractivity contribution is -0.107. The van der Waals surface area contributed by atoms with E-state index in [9.17, 15) is 9.59 Å². The Morgan fingerprint density at radius 1 is 0.784 bits per heavy atom. The van der Waals surface area contributed by atoms with E-state index in [4.69, 9.17) is 4.74 Å². The molecule has 3 aromatic rings. The van der Waals surface area contributed by atoms with E-state index >= 15 is 0 Å². The number of para-hydroxylation sites is 1. The normalized spacial score (nSPS) is 17.5. The van der Waals surface area contributed by atoms with E-state index in [-0.39, 0.29) is 5.91 Å². The summed E-state index contributed by atoms with van der Waals surface area (Å²) in [4.78, 5) is 28.3. The number of nitrogens with zero attached hydrogens (tertiary/aromatic N) is 2. The van der Waals surface area contributed by atoms with Gasteiger partial charge in [0.1, 0.15) is 18.6 Å². The number of amides is 1. The van der Waals surface area contributed by atoms with Crippen LogP contribution in [0.25, 0.3) is 0 Å². The summed E-state index contributed by atoms with van der Waals surface area (Å²) in [5, 5.41) is 0. The largest absolute Gasteiger partial charge is 0.489 e. The Hall–Kier alpha value is -3.44. The third kappa shape index (κ3) is 6.28. The number of carbonyl (C=O) groups excluding carboxylic acids is 2. The van der Waals surface area contributed by atoms with Crippen LogP contribution < -0.4 is 4.74 Å². The quantitative estimate of drug-likeness (QED) is 0.385. The van der Waals surface area contributed by atoms with Gasteiger partial charge in [-0.1, -0.05) is 60.7 Å². The summed E-state index contributed by atoms with van der Waals surface area (Å²) in [5.41, 5.74) is 4.44. The Labute approximate surface area is 220 Å². The molecule has 0 aliphatic carbocycles. The molecule has 0 radical (unpaired) electrons. The van der Waals surface area contributed by atoms with Gasteiger partial charge in [-0.05, 0) is 73.5 Å². The highest BCUT2D eigenvalue weighted by atomic mass is 16.5. The molecule has 5 heteroatoms. The Morgan fingerprint density at radius 2 is 1.43 bits per heavy atom. The zero-order valence-corrected chi connectivity index (χ0v) is 21.5. The van der Waals surface area contributed by atoms with E-state index in [0.717, 1.165) is 63.2 Å². The van der Waals surface area contributed by atoms with Crippen LogP contribution in [0.15, 0.2) is 78.9 Å². The molecule has 2 fully saturated rings. The standard InChI is InChI=1S/C32H36N2O3/c35-23-14-26-10-12-28(13-11-26)31(36)34-21-17-32(18-22-34)15-19-33(20-16-32)24-29-8-4-5-9-30(29)37-25-27-6-2-1-3-7-27/h1-13,23H,14-22,24-25H2. The van der Waals surface area contributed by atoms with E-state index in [2.05, 4.69) is 35.2 Å². The number of likely N-dealkylation sites (tertiary alicyclic amines) is 2. The number of aldehydes is 1. The fourth-order valence-electron chi connectivity index (χ4n) is 5.68. The van der Waals surface area contributed by atoms with Crippen LogP contribution in [0.5, 0.6) is 5.75 Å². The number of ether oxygens (including phenoxy) is 1. The average molecular weight is 497 g/mol. The van der Waals surface area contributed by atoms with Crippen molar-refractivity contribution in [1.29, 1.82) is 0 Å². The first-order valence-corrected chi connectivity index (χ1v) is 13.4. The average Bonchev–Trinajstić information content (AvgIpc) is 2.95. The van der Waals surface area contributed by atoms with E-state index in [0.29, 0.717) is 24.0 Å². The van der Waals surface area contributed by atoms with Crippen molar-refractivity contribution in [3.05, 3.63) is 101 Å². The maximum Gasteiger partial charge on any atom is 0.253 e. The minimum absolute atomic E-state index is 0.108. The molecule has 3 aromatic carbocycles. The van der Waals surface area contributed by atoms with Crippen LogP contribution in [0.3, 0.4) is 0 Å². The first-order valence-electron chi connectivity index (χ1n) is 13.4. The second-order valence-corrected chi connectivity index (χ2v) is 10.5. The molecule has 0 N–H and O–H groups in total. The number of hydrogen-bond donors (Lipinski definition) is 0. The summed E-state index contributed by atoms with van der Waals surface area (Å²) in [6.07, 6.45) is 5.80. The zero-order valence-electron chi connectivity index (χ0n) is 21.5. The predicted octanol–water partition coefficient (Wildman–Crippen LogP) is 5.53. The van der Waals surface area contributed by atoms with Gasteiger partial charge in [0.05, 0.1) is 0 Å². The van der Waals surface area contributed by atoms with Crippen LogP contribution in [0.1, 0.15) is 52.7 Å². The summed E-state index contributed by atoms with van der Waals surface area (Å²) in [5.74, 6) is 1.08. The predicted molar refractivity (Wildman–Crippen MR) is 146 cm³/mol. The van der Waals surface area contributed by atoms with Crippen molar-refractivity contribution in [2.75, 3.05) is 26.2 Å². The smallest absolute Gasteiger partial charge is 0.253 e. The third-order valence-corrected chi connectivity index (χ3v) is 8.15. The fraction of sp³-hybridized carbons (Fsp3) is 0.375. The monoisotopic (exact) mass is 496 g/mol. The maximum absolute atomic E-state index is 13.0. The van der Waals surface area contributed by atoms with Gasteiger partial charge in [0.2, 0.25) is 0 Å². The van der Waals surface area contributed by atoms with Crippen LogP contribution in [0, 0.1) is 5.41 Å². The highest BCUT2D eigenvalue weighted by Gasteiger charge is 2.38. The molecule has 2 aliphatic rings. The molecule has 5 rings (SSSR count). The molecule has 2 aliphatic heterocycles. The summed E-state index contributed by atoms with van der Waals surface area (Å²) >= 11 is 0. The van der Waals surface area contributed by atoms with Gasteiger partial charge < -0.3 is 14.4 Å². The minimum atomic E-state index is 0.108. The van der Waals surface area contributed by atoms with E-state index in [1.165, 1.54) is 24.0 Å². The van der Waals surface area contributed by atoms with Crippen molar-refractivity contribution >= 4 is 12.2 Å². The molecule has 5 nitrogen and oxygen atoms in total. The van der Waals surface area contributed by atoms with Gasteiger partial charge in [0.15, 0.2) is 0 Å². The summed E-state index contributed by atoms with van der Waals surface area (Å²) < 4.78 is 6.18. The summed E-state index contributed by atoms with van der Waals surface area (Å²) in [7, 11) is 0. The van der Waals surface area contributed by atoms with E-state index in [1.807, 2.05) is 53.4 Å². The van der Waals surface area contributed by atoms with Gasteiger partial charge >= 0.3 is 0 Å². The fourth-order valence-corrected chi connectivity index (χ4v) is 5.68. The van der Waals surface area contributed by atoms with E-state index in [1.54, 1.807) is 0 Å². The molecular formula is C32H36N2O3. The van der Waals surface area contributed by atoms with Crippen LogP contribution in [0.4, 0.5) is 0 Å². The summed E-state index contributed by atoms with van der Waals surface area (Å²) in [6.45, 7) is 5.30. The number of rotatable bonds is 8.